The van der Waals surface area contributed by atoms with Gasteiger partial charge in [-0.15, -0.1) is 6.58 Å². The Morgan fingerprint density at radius 3 is 3.00 bits per heavy atom. The number of aromatic nitrogens is 1. The molecule has 0 fully saturated rings. The first-order valence-corrected chi connectivity index (χ1v) is 4.27. The molecule has 13 heavy (non-hydrogen) atoms. The number of nitrogens with one attached hydrogen (secondary N) is 1. The number of nitrogens with two attached hydrogens (primary N) is 1. The van der Waals surface area contributed by atoms with Crippen LogP contribution in [0, 0.1) is 0 Å². The minimum absolute atomic E-state index is 0.0838. The summed E-state index contributed by atoms with van der Waals surface area (Å²) < 4.78 is 0. The molecule has 1 aromatic carbocycles. The van der Waals surface area contributed by atoms with Crippen LogP contribution in [-0.4, -0.2) is 4.98 Å². The summed E-state index contributed by atoms with van der Waals surface area (Å²) in [7, 11) is 0. The Kier molecular flexibility index (Phi) is 1.91. The van der Waals surface area contributed by atoms with Crippen LogP contribution in [0.2, 0.25) is 0 Å². The predicted octanol–water partition coefficient (Wildman–Crippen LogP) is 2.35. The number of benzene rings is 1. The van der Waals surface area contributed by atoms with E-state index in [1.165, 1.54) is 5.39 Å². The van der Waals surface area contributed by atoms with Crippen molar-refractivity contribution in [3.63, 3.8) is 0 Å². The molecule has 2 aromatic rings. The number of aromatic amines is 1. The van der Waals surface area contributed by atoms with Crippen LogP contribution < -0.4 is 5.73 Å². The second kappa shape index (κ2) is 3.07. The topological polar surface area (TPSA) is 41.8 Å². The summed E-state index contributed by atoms with van der Waals surface area (Å²) in [6, 6.07) is 8.02. The Bertz CT molecular complexity index is 428. The van der Waals surface area contributed by atoms with Gasteiger partial charge in [-0.3, -0.25) is 0 Å². The van der Waals surface area contributed by atoms with E-state index in [0.717, 1.165) is 11.1 Å². The molecule has 0 bridgehead atoms. The Morgan fingerprint density at radius 1 is 1.38 bits per heavy atom. The van der Waals surface area contributed by atoms with Crippen LogP contribution in [0.15, 0.2) is 43.1 Å². The maximum atomic E-state index is 5.89. The first-order chi connectivity index (χ1) is 6.33. The van der Waals surface area contributed by atoms with Crippen molar-refractivity contribution >= 4 is 10.9 Å². The van der Waals surface area contributed by atoms with Crippen molar-refractivity contribution in [1.29, 1.82) is 0 Å². The van der Waals surface area contributed by atoms with Gasteiger partial charge in [0.25, 0.3) is 0 Å². The Morgan fingerprint density at radius 2 is 2.23 bits per heavy atom. The fourth-order valence-corrected chi connectivity index (χ4v) is 1.53. The molecule has 3 N–H and O–H groups in total. The average molecular weight is 172 g/mol. The molecule has 2 heteroatoms. The normalized spacial score (nSPS) is 13.0. The van der Waals surface area contributed by atoms with E-state index in [9.17, 15) is 0 Å². The second-order valence-corrected chi connectivity index (χ2v) is 3.05. The predicted molar refractivity (Wildman–Crippen MR) is 55.4 cm³/mol. The second-order valence-electron chi connectivity index (χ2n) is 3.05. The highest BCUT2D eigenvalue weighted by Gasteiger charge is 2.05. The third-order valence-electron chi connectivity index (χ3n) is 2.24. The summed E-state index contributed by atoms with van der Waals surface area (Å²) in [5, 5.41) is 1.18. The number of hydrogen-bond acceptors (Lipinski definition) is 1. The largest absolute Gasteiger partial charge is 0.361 e. The monoisotopic (exact) mass is 172 g/mol. The van der Waals surface area contributed by atoms with E-state index in [0.29, 0.717) is 0 Å². The number of fused-ring (bicyclic) bond motifs is 1. The van der Waals surface area contributed by atoms with Gasteiger partial charge < -0.3 is 10.7 Å². The van der Waals surface area contributed by atoms with Gasteiger partial charge in [-0.2, -0.15) is 0 Å². The number of rotatable bonds is 2. The molecule has 0 aliphatic carbocycles. The molecule has 0 spiro atoms. The summed E-state index contributed by atoms with van der Waals surface area (Å²) in [4.78, 5) is 3.15. The summed E-state index contributed by atoms with van der Waals surface area (Å²) in [5.74, 6) is 0. The van der Waals surface area contributed by atoms with E-state index >= 15 is 0 Å². The third kappa shape index (κ3) is 1.25. The molecule has 2 nitrogen and oxygen atoms in total. The highest BCUT2D eigenvalue weighted by molar-refractivity contribution is 5.83. The zero-order valence-electron chi connectivity index (χ0n) is 7.33. The molecule has 0 radical (unpaired) electrons. The van der Waals surface area contributed by atoms with Crippen molar-refractivity contribution in [2.75, 3.05) is 0 Å². The minimum atomic E-state index is -0.0838. The van der Waals surface area contributed by atoms with Gasteiger partial charge in [0.15, 0.2) is 0 Å². The summed E-state index contributed by atoms with van der Waals surface area (Å²) >= 11 is 0. The van der Waals surface area contributed by atoms with Gasteiger partial charge in [-0.1, -0.05) is 18.2 Å². The van der Waals surface area contributed by atoms with E-state index in [4.69, 9.17) is 5.73 Å². The first-order valence-electron chi connectivity index (χ1n) is 4.27. The summed E-state index contributed by atoms with van der Waals surface area (Å²) in [6.45, 7) is 3.69. The third-order valence-corrected chi connectivity index (χ3v) is 2.24. The molecule has 0 saturated carbocycles. The molecule has 0 aliphatic rings. The lowest BCUT2D eigenvalue weighted by Crippen LogP contribution is -2.06. The molecule has 0 unspecified atom stereocenters. The van der Waals surface area contributed by atoms with Crippen LogP contribution >= 0.6 is 0 Å². The highest BCUT2D eigenvalue weighted by atomic mass is 14.7. The van der Waals surface area contributed by atoms with Crippen molar-refractivity contribution < 1.29 is 0 Å². The minimum Gasteiger partial charge on any atom is -0.361 e. The van der Waals surface area contributed by atoms with Crippen molar-refractivity contribution in [1.82, 2.24) is 4.98 Å². The van der Waals surface area contributed by atoms with E-state index in [2.05, 4.69) is 11.6 Å². The van der Waals surface area contributed by atoms with Crippen LogP contribution in [0.5, 0.6) is 0 Å². The molecule has 0 aliphatic heterocycles. The fourth-order valence-electron chi connectivity index (χ4n) is 1.53. The van der Waals surface area contributed by atoms with Crippen molar-refractivity contribution in [3.8, 4) is 0 Å². The van der Waals surface area contributed by atoms with Gasteiger partial charge in [-0.25, -0.2) is 0 Å². The molecule has 1 aromatic heterocycles. The number of hydrogen-bond donors (Lipinski definition) is 2. The van der Waals surface area contributed by atoms with Crippen LogP contribution in [0.25, 0.3) is 10.9 Å². The maximum absolute atomic E-state index is 5.89. The molecular weight excluding hydrogens is 160 g/mol. The summed E-state index contributed by atoms with van der Waals surface area (Å²) in [6.07, 6.45) is 3.67. The molecule has 0 saturated heterocycles. The van der Waals surface area contributed by atoms with E-state index in [1.54, 1.807) is 6.08 Å². The molecule has 2 rings (SSSR count). The standard InChI is InChI=1S/C11H12N2/c1-2-10(12)8-4-3-5-11-9(8)6-7-13-11/h2-7,10,13H,1,12H2/t10-/m0/s1. The van der Waals surface area contributed by atoms with E-state index in [1.807, 2.05) is 30.5 Å². The van der Waals surface area contributed by atoms with Crippen molar-refractivity contribution in [2.24, 2.45) is 5.73 Å². The van der Waals surface area contributed by atoms with Crippen LogP contribution in [0.1, 0.15) is 11.6 Å². The lowest BCUT2D eigenvalue weighted by Gasteiger charge is -2.07. The highest BCUT2D eigenvalue weighted by Crippen LogP contribution is 2.22. The SMILES string of the molecule is C=C[C@H](N)c1cccc2[nH]ccc12. The Balaban J connectivity index is 2.67. The molecule has 1 atom stereocenters. The lowest BCUT2D eigenvalue weighted by atomic mass is 10.0. The quantitative estimate of drug-likeness (QED) is 0.671. The first kappa shape index (κ1) is 8.08. The van der Waals surface area contributed by atoms with Crippen LogP contribution in [-0.2, 0) is 0 Å². The van der Waals surface area contributed by atoms with Gasteiger partial charge in [0.1, 0.15) is 0 Å². The van der Waals surface area contributed by atoms with Crippen molar-refractivity contribution in [3.05, 3.63) is 48.7 Å². The van der Waals surface area contributed by atoms with Gasteiger partial charge in [0, 0.05) is 23.1 Å². The van der Waals surface area contributed by atoms with E-state index < -0.39 is 0 Å². The molecule has 66 valence electrons. The average Bonchev–Trinajstić information content (AvgIpc) is 2.63. The molecule has 1 heterocycles. The zero-order chi connectivity index (χ0) is 9.26. The Hall–Kier alpha value is -1.54. The fraction of sp³-hybridized carbons (Fsp3) is 0.0909. The smallest absolute Gasteiger partial charge is 0.0485 e. The maximum Gasteiger partial charge on any atom is 0.0485 e. The molecule has 0 amide bonds. The zero-order valence-corrected chi connectivity index (χ0v) is 7.33. The van der Waals surface area contributed by atoms with Gasteiger partial charge in [0.05, 0.1) is 0 Å². The lowest BCUT2D eigenvalue weighted by molar-refractivity contribution is 0.925. The summed E-state index contributed by atoms with van der Waals surface area (Å²) in [5.41, 5.74) is 8.13. The Labute approximate surface area is 77.1 Å². The van der Waals surface area contributed by atoms with Crippen molar-refractivity contribution in [2.45, 2.75) is 6.04 Å². The van der Waals surface area contributed by atoms with Crippen LogP contribution in [0.4, 0.5) is 0 Å². The van der Waals surface area contributed by atoms with Gasteiger partial charge >= 0.3 is 0 Å². The number of H-pyrrole nitrogens is 1. The van der Waals surface area contributed by atoms with Gasteiger partial charge in [-0.05, 0) is 17.7 Å². The van der Waals surface area contributed by atoms with E-state index in [-0.39, 0.29) is 6.04 Å². The van der Waals surface area contributed by atoms with Crippen LogP contribution in [0.3, 0.4) is 0 Å². The van der Waals surface area contributed by atoms with Gasteiger partial charge in [0.2, 0.25) is 0 Å². The molecular formula is C11H12N2.